The first kappa shape index (κ1) is 13.8. The number of halogens is 1. The SMILES string of the molecule is CCc1cc(Sc2ccc(Cl)c(C(=O)O)c2)ncn1. The first-order valence-corrected chi connectivity index (χ1v) is 6.81. The van der Waals surface area contributed by atoms with Crippen molar-refractivity contribution in [2.24, 2.45) is 0 Å². The Morgan fingerprint density at radius 3 is 2.84 bits per heavy atom. The van der Waals surface area contributed by atoms with E-state index in [1.54, 1.807) is 18.2 Å². The van der Waals surface area contributed by atoms with Gasteiger partial charge in [0.2, 0.25) is 0 Å². The molecule has 0 radical (unpaired) electrons. The van der Waals surface area contributed by atoms with Crippen LogP contribution in [0.4, 0.5) is 0 Å². The van der Waals surface area contributed by atoms with Crippen molar-refractivity contribution in [3.05, 3.63) is 46.9 Å². The Morgan fingerprint density at radius 2 is 2.16 bits per heavy atom. The number of aromatic carboxylic acids is 1. The van der Waals surface area contributed by atoms with Gasteiger partial charge in [0.05, 0.1) is 10.6 Å². The van der Waals surface area contributed by atoms with E-state index >= 15 is 0 Å². The molecule has 0 amide bonds. The van der Waals surface area contributed by atoms with Crippen LogP contribution in [0, 0.1) is 0 Å². The van der Waals surface area contributed by atoms with Gasteiger partial charge < -0.3 is 5.11 Å². The van der Waals surface area contributed by atoms with Crippen LogP contribution in [0.3, 0.4) is 0 Å². The predicted molar refractivity (Wildman–Crippen MR) is 73.9 cm³/mol. The molecule has 0 bridgehead atoms. The van der Waals surface area contributed by atoms with Gasteiger partial charge in [-0.15, -0.1) is 0 Å². The second kappa shape index (κ2) is 6.04. The lowest BCUT2D eigenvalue weighted by atomic mass is 10.2. The number of aryl methyl sites for hydroxylation is 1. The van der Waals surface area contributed by atoms with Crippen LogP contribution in [-0.4, -0.2) is 21.0 Å². The van der Waals surface area contributed by atoms with Gasteiger partial charge >= 0.3 is 5.97 Å². The Labute approximate surface area is 119 Å². The molecule has 0 saturated heterocycles. The highest BCUT2D eigenvalue weighted by Crippen LogP contribution is 2.29. The molecule has 0 atom stereocenters. The zero-order valence-electron chi connectivity index (χ0n) is 10.1. The van der Waals surface area contributed by atoms with E-state index in [0.29, 0.717) is 0 Å². The lowest BCUT2D eigenvalue weighted by Gasteiger charge is -2.04. The number of benzene rings is 1. The molecule has 1 heterocycles. The summed E-state index contributed by atoms with van der Waals surface area (Å²) in [5, 5.41) is 10.0. The van der Waals surface area contributed by atoms with Gasteiger partial charge in [-0.05, 0) is 30.7 Å². The van der Waals surface area contributed by atoms with E-state index in [1.807, 2.05) is 13.0 Å². The molecule has 2 rings (SSSR count). The van der Waals surface area contributed by atoms with Crippen molar-refractivity contribution < 1.29 is 9.90 Å². The van der Waals surface area contributed by atoms with Crippen LogP contribution >= 0.6 is 23.4 Å². The average Bonchev–Trinajstić information content (AvgIpc) is 2.41. The van der Waals surface area contributed by atoms with Crippen molar-refractivity contribution in [1.29, 1.82) is 0 Å². The summed E-state index contributed by atoms with van der Waals surface area (Å²) in [4.78, 5) is 20.1. The summed E-state index contributed by atoms with van der Waals surface area (Å²) in [6.45, 7) is 2.02. The molecule has 1 aromatic heterocycles. The minimum absolute atomic E-state index is 0.0939. The van der Waals surface area contributed by atoms with Crippen molar-refractivity contribution in [3.63, 3.8) is 0 Å². The molecule has 0 aliphatic carbocycles. The van der Waals surface area contributed by atoms with E-state index in [2.05, 4.69) is 9.97 Å². The number of hydrogen-bond donors (Lipinski definition) is 1. The number of hydrogen-bond acceptors (Lipinski definition) is 4. The number of carboxylic acids is 1. The highest BCUT2D eigenvalue weighted by molar-refractivity contribution is 7.99. The largest absolute Gasteiger partial charge is 0.478 e. The summed E-state index contributed by atoms with van der Waals surface area (Å²) in [6, 6.07) is 6.78. The van der Waals surface area contributed by atoms with Gasteiger partial charge in [0, 0.05) is 10.6 Å². The minimum atomic E-state index is -1.04. The Hall–Kier alpha value is -1.59. The molecule has 1 N–H and O–H groups in total. The van der Waals surface area contributed by atoms with Crippen molar-refractivity contribution in [2.45, 2.75) is 23.3 Å². The molecule has 4 nitrogen and oxygen atoms in total. The summed E-state index contributed by atoms with van der Waals surface area (Å²) in [5.74, 6) is -1.04. The van der Waals surface area contributed by atoms with E-state index in [9.17, 15) is 4.79 Å². The summed E-state index contributed by atoms with van der Waals surface area (Å²) >= 11 is 7.21. The van der Waals surface area contributed by atoms with E-state index in [0.717, 1.165) is 22.0 Å². The van der Waals surface area contributed by atoms with Gasteiger partial charge in [0.25, 0.3) is 0 Å². The topological polar surface area (TPSA) is 63.1 Å². The molecule has 19 heavy (non-hydrogen) atoms. The zero-order chi connectivity index (χ0) is 13.8. The van der Waals surface area contributed by atoms with Gasteiger partial charge in [-0.2, -0.15) is 0 Å². The molecule has 0 aliphatic rings. The lowest BCUT2D eigenvalue weighted by Crippen LogP contribution is -1.97. The first-order valence-electron chi connectivity index (χ1n) is 5.61. The van der Waals surface area contributed by atoms with Crippen LogP contribution < -0.4 is 0 Å². The second-order valence-corrected chi connectivity index (χ2v) is 5.25. The fourth-order valence-corrected chi connectivity index (χ4v) is 2.53. The maximum Gasteiger partial charge on any atom is 0.337 e. The van der Waals surface area contributed by atoms with E-state index in [1.165, 1.54) is 18.1 Å². The molecule has 0 spiro atoms. The number of aromatic nitrogens is 2. The third-order valence-electron chi connectivity index (χ3n) is 2.45. The molecule has 0 aliphatic heterocycles. The van der Waals surface area contributed by atoms with Crippen LogP contribution in [0.25, 0.3) is 0 Å². The number of rotatable bonds is 4. The molecule has 0 unspecified atom stereocenters. The predicted octanol–water partition coefficient (Wildman–Crippen LogP) is 3.54. The second-order valence-electron chi connectivity index (χ2n) is 3.75. The van der Waals surface area contributed by atoms with Crippen LogP contribution in [0.1, 0.15) is 23.0 Å². The summed E-state index contributed by atoms with van der Waals surface area (Å²) in [7, 11) is 0. The molecule has 1 aromatic carbocycles. The van der Waals surface area contributed by atoms with E-state index in [4.69, 9.17) is 16.7 Å². The highest BCUT2D eigenvalue weighted by Gasteiger charge is 2.10. The number of nitrogens with zero attached hydrogens (tertiary/aromatic N) is 2. The standard InChI is InChI=1S/C13H11ClN2O2S/c1-2-8-5-12(16-7-15-8)19-9-3-4-11(14)10(6-9)13(17)18/h3-7H,2H2,1H3,(H,17,18). The normalized spacial score (nSPS) is 10.4. The zero-order valence-corrected chi connectivity index (χ0v) is 11.7. The maximum atomic E-state index is 11.0. The smallest absolute Gasteiger partial charge is 0.337 e. The maximum absolute atomic E-state index is 11.0. The number of carbonyl (C=O) groups is 1. The van der Waals surface area contributed by atoms with Crippen molar-refractivity contribution in [2.75, 3.05) is 0 Å². The van der Waals surface area contributed by atoms with Gasteiger partial charge in [-0.1, -0.05) is 30.3 Å². The third kappa shape index (κ3) is 3.45. The van der Waals surface area contributed by atoms with Crippen molar-refractivity contribution in [3.8, 4) is 0 Å². The summed E-state index contributed by atoms with van der Waals surface area (Å²) < 4.78 is 0. The van der Waals surface area contributed by atoms with Crippen LogP contribution in [0.2, 0.25) is 5.02 Å². The third-order valence-corrected chi connectivity index (χ3v) is 3.70. The molecular weight excluding hydrogens is 284 g/mol. The molecule has 0 fully saturated rings. The average molecular weight is 295 g/mol. The molecule has 98 valence electrons. The Bertz CT molecular complexity index is 619. The molecule has 6 heteroatoms. The Morgan fingerprint density at radius 1 is 1.37 bits per heavy atom. The van der Waals surface area contributed by atoms with Gasteiger partial charge in [-0.3, -0.25) is 0 Å². The van der Waals surface area contributed by atoms with Gasteiger partial charge in [-0.25, -0.2) is 14.8 Å². The highest BCUT2D eigenvalue weighted by atomic mass is 35.5. The van der Waals surface area contributed by atoms with Crippen LogP contribution in [-0.2, 0) is 6.42 Å². The first-order chi connectivity index (χ1) is 9.10. The van der Waals surface area contributed by atoms with Crippen LogP contribution in [0.5, 0.6) is 0 Å². The molecule has 2 aromatic rings. The monoisotopic (exact) mass is 294 g/mol. The molecular formula is C13H11ClN2O2S. The Balaban J connectivity index is 2.28. The van der Waals surface area contributed by atoms with E-state index < -0.39 is 5.97 Å². The summed E-state index contributed by atoms with van der Waals surface area (Å²) in [5.41, 5.74) is 1.04. The summed E-state index contributed by atoms with van der Waals surface area (Å²) in [6.07, 6.45) is 2.34. The molecule has 0 saturated carbocycles. The minimum Gasteiger partial charge on any atom is -0.478 e. The van der Waals surface area contributed by atoms with Gasteiger partial charge in [0.1, 0.15) is 11.4 Å². The fraction of sp³-hybridized carbons (Fsp3) is 0.154. The van der Waals surface area contributed by atoms with Gasteiger partial charge in [0.15, 0.2) is 0 Å². The van der Waals surface area contributed by atoms with E-state index in [-0.39, 0.29) is 10.6 Å². The quantitative estimate of drug-likeness (QED) is 0.874. The van der Waals surface area contributed by atoms with Crippen molar-refractivity contribution >= 4 is 29.3 Å². The Kier molecular flexibility index (Phi) is 4.39. The number of carboxylic acid groups (broad SMARTS) is 1. The van der Waals surface area contributed by atoms with Crippen molar-refractivity contribution in [1.82, 2.24) is 9.97 Å². The lowest BCUT2D eigenvalue weighted by molar-refractivity contribution is 0.0697. The fourth-order valence-electron chi connectivity index (χ4n) is 1.48. The van der Waals surface area contributed by atoms with Crippen LogP contribution in [0.15, 0.2) is 40.5 Å².